The Kier molecular flexibility index (Phi) is 4.85. The summed E-state index contributed by atoms with van der Waals surface area (Å²) < 4.78 is 11.5. The lowest BCUT2D eigenvalue weighted by atomic mass is 9.95. The monoisotopic (exact) mass is 342 g/mol. The maximum absolute atomic E-state index is 6.20. The van der Waals surface area contributed by atoms with Crippen LogP contribution >= 0.6 is 0 Å². The van der Waals surface area contributed by atoms with E-state index in [1.54, 1.807) is 7.11 Å². The summed E-state index contributed by atoms with van der Waals surface area (Å²) in [6, 6.07) is 7.16. The zero-order valence-electron chi connectivity index (χ0n) is 15.8. The van der Waals surface area contributed by atoms with Crippen LogP contribution in [0.4, 0.5) is 0 Å². The van der Waals surface area contributed by atoms with Crippen molar-refractivity contribution in [3.63, 3.8) is 0 Å². The largest absolute Gasteiger partial charge is 0.459 e. The van der Waals surface area contributed by atoms with Gasteiger partial charge in [-0.2, -0.15) is 0 Å². The molecule has 1 aromatic heterocycles. The molecule has 3 aliphatic heterocycles. The number of benzene rings is 1. The molecule has 3 aliphatic rings. The number of ether oxygens (including phenoxy) is 1. The summed E-state index contributed by atoms with van der Waals surface area (Å²) >= 11 is 0. The molecule has 3 saturated heterocycles. The zero-order valence-corrected chi connectivity index (χ0v) is 15.8. The van der Waals surface area contributed by atoms with E-state index in [9.17, 15) is 0 Å². The molecule has 136 valence electrons. The number of methoxy groups -OCH3 is 1. The fourth-order valence-electron chi connectivity index (χ4n) is 4.63. The van der Waals surface area contributed by atoms with Crippen molar-refractivity contribution in [1.29, 1.82) is 0 Å². The Bertz CT molecular complexity index is 739. The van der Waals surface area contributed by atoms with Gasteiger partial charge in [-0.25, -0.2) is 0 Å². The second-order valence-electron chi connectivity index (χ2n) is 7.93. The van der Waals surface area contributed by atoms with Crippen LogP contribution in [0.1, 0.15) is 29.7 Å². The van der Waals surface area contributed by atoms with Gasteiger partial charge in [0, 0.05) is 44.7 Å². The van der Waals surface area contributed by atoms with Crippen LogP contribution < -0.4 is 0 Å². The van der Waals surface area contributed by atoms with Crippen LogP contribution in [0.25, 0.3) is 11.0 Å². The van der Waals surface area contributed by atoms with E-state index < -0.39 is 0 Å². The highest BCUT2D eigenvalue weighted by molar-refractivity contribution is 5.82. The van der Waals surface area contributed by atoms with Crippen LogP contribution in [0, 0.1) is 19.8 Å². The maximum atomic E-state index is 6.20. The number of piperidine rings is 1. The van der Waals surface area contributed by atoms with E-state index in [-0.39, 0.29) is 0 Å². The van der Waals surface area contributed by atoms with E-state index in [0.29, 0.717) is 6.04 Å². The van der Waals surface area contributed by atoms with Crippen LogP contribution in [0.5, 0.6) is 0 Å². The van der Waals surface area contributed by atoms with Crippen LogP contribution in [-0.2, 0) is 11.3 Å². The molecule has 3 fully saturated rings. The van der Waals surface area contributed by atoms with Crippen molar-refractivity contribution in [2.45, 2.75) is 39.3 Å². The van der Waals surface area contributed by atoms with Crippen molar-refractivity contribution < 1.29 is 9.15 Å². The molecule has 0 radical (unpaired) electrons. The zero-order chi connectivity index (χ0) is 17.4. The Morgan fingerprint density at radius 3 is 2.88 bits per heavy atom. The third kappa shape index (κ3) is 3.48. The van der Waals surface area contributed by atoms with Crippen LogP contribution in [0.15, 0.2) is 22.6 Å². The number of rotatable bonds is 5. The first kappa shape index (κ1) is 17.1. The van der Waals surface area contributed by atoms with Gasteiger partial charge >= 0.3 is 0 Å². The van der Waals surface area contributed by atoms with E-state index in [1.165, 1.54) is 42.4 Å². The fourth-order valence-corrected chi connectivity index (χ4v) is 4.63. The quantitative estimate of drug-likeness (QED) is 0.830. The normalized spacial score (nSPS) is 24.9. The molecule has 4 nitrogen and oxygen atoms in total. The second-order valence-corrected chi connectivity index (χ2v) is 7.93. The number of hydrogen-bond acceptors (Lipinski definition) is 4. The summed E-state index contributed by atoms with van der Waals surface area (Å²) in [5.74, 6) is 1.92. The van der Waals surface area contributed by atoms with E-state index in [0.717, 1.165) is 43.5 Å². The molecule has 0 unspecified atom stereocenters. The van der Waals surface area contributed by atoms with Crippen molar-refractivity contribution in [2.75, 3.05) is 39.9 Å². The molecule has 0 spiro atoms. The molecule has 5 rings (SSSR count). The molecular formula is C21H30N2O2. The number of nitrogens with zero attached hydrogens (tertiary/aromatic N) is 2. The minimum absolute atomic E-state index is 0.667. The van der Waals surface area contributed by atoms with Gasteiger partial charge in [-0.15, -0.1) is 0 Å². The van der Waals surface area contributed by atoms with Gasteiger partial charge in [0.25, 0.3) is 0 Å². The first-order valence-corrected chi connectivity index (χ1v) is 9.58. The average molecular weight is 342 g/mol. The number of fused-ring (bicyclic) bond motifs is 5. The van der Waals surface area contributed by atoms with Gasteiger partial charge in [-0.3, -0.25) is 9.80 Å². The van der Waals surface area contributed by atoms with Crippen LogP contribution in [0.2, 0.25) is 0 Å². The third-order valence-corrected chi connectivity index (χ3v) is 6.04. The molecule has 0 N–H and O–H groups in total. The van der Waals surface area contributed by atoms with Gasteiger partial charge in [0.2, 0.25) is 0 Å². The van der Waals surface area contributed by atoms with Crippen molar-refractivity contribution >= 4 is 11.0 Å². The molecule has 4 heteroatoms. The predicted molar refractivity (Wildman–Crippen MR) is 101 cm³/mol. The molecule has 25 heavy (non-hydrogen) atoms. The van der Waals surface area contributed by atoms with Gasteiger partial charge in [0.15, 0.2) is 0 Å². The summed E-state index contributed by atoms with van der Waals surface area (Å²) in [4.78, 5) is 5.26. The lowest BCUT2D eigenvalue weighted by Gasteiger charge is -2.35. The van der Waals surface area contributed by atoms with Crippen molar-refractivity contribution in [3.05, 3.63) is 35.1 Å². The summed E-state index contributed by atoms with van der Waals surface area (Å²) in [5, 5.41) is 1.27. The smallest absolute Gasteiger partial charge is 0.134 e. The molecule has 4 heterocycles. The highest BCUT2D eigenvalue weighted by Crippen LogP contribution is 2.31. The minimum Gasteiger partial charge on any atom is -0.459 e. The Labute approximate surface area is 150 Å². The van der Waals surface area contributed by atoms with Gasteiger partial charge in [-0.05, 0) is 50.3 Å². The molecule has 0 aliphatic carbocycles. The second kappa shape index (κ2) is 7.10. The lowest BCUT2D eigenvalue weighted by Crippen LogP contribution is -2.45. The van der Waals surface area contributed by atoms with Gasteiger partial charge in [-0.1, -0.05) is 11.6 Å². The lowest BCUT2D eigenvalue weighted by molar-refractivity contribution is 0.0866. The van der Waals surface area contributed by atoms with Gasteiger partial charge in [0.05, 0.1) is 13.2 Å². The fraction of sp³-hybridized carbons (Fsp3) is 0.619. The first-order valence-electron chi connectivity index (χ1n) is 9.58. The van der Waals surface area contributed by atoms with Crippen molar-refractivity contribution in [1.82, 2.24) is 9.80 Å². The summed E-state index contributed by atoms with van der Waals surface area (Å²) in [6.45, 7) is 10.8. The van der Waals surface area contributed by atoms with E-state index in [4.69, 9.17) is 9.15 Å². The highest BCUT2D eigenvalue weighted by Gasteiger charge is 2.34. The molecule has 2 aromatic rings. The predicted octanol–water partition coefficient (Wildman–Crippen LogP) is 3.59. The summed E-state index contributed by atoms with van der Waals surface area (Å²) in [7, 11) is 1.80. The first-order chi connectivity index (χ1) is 12.1. The molecule has 2 atom stereocenters. The molecule has 0 amide bonds. The number of aryl methyl sites for hydroxylation is 2. The highest BCUT2D eigenvalue weighted by atomic mass is 16.5. The average Bonchev–Trinajstić information content (AvgIpc) is 2.76. The Balaban J connectivity index is 1.51. The number of furan rings is 1. The molecular weight excluding hydrogens is 312 g/mol. The summed E-state index contributed by atoms with van der Waals surface area (Å²) in [5.41, 5.74) is 3.63. The van der Waals surface area contributed by atoms with Crippen molar-refractivity contribution in [3.8, 4) is 0 Å². The summed E-state index contributed by atoms with van der Waals surface area (Å²) in [6.07, 6.45) is 2.69. The number of hydrogen-bond donors (Lipinski definition) is 0. The standard InChI is InChI=1S/C21H30N2O2/c1-15-4-7-20-19(10-15)16(2)21(25-20)14-22-11-17-5-6-18(13-22)23(12-17)8-9-24-3/h4,7,10,17-18H,5-6,8-9,11-14H2,1-3H3/t17-,18+/m0/s1. The van der Waals surface area contributed by atoms with E-state index in [1.807, 2.05) is 0 Å². The maximum Gasteiger partial charge on any atom is 0.134 e. The third-order valence-electron chi connectivity index (χ3n) is 6.04. The van der Waals surface area contributed by atoms with E-state index >= 15 is 0 Å². The Hall–Kier alpha value is -1.36. The molecule has 0 saturated carbocycles. The van der Waals surface area contributed by atoms with Gasteiger partial charge < -0.3 is 9.15 Å². The van der Waals surface area contributed by atoms with Gasteiger partial charge in [0.1, 0.15) is 11.3 Å². The van der Waals surface area contributed by atoms with E-state index in [2.05, 4.69) is 41.8 Å². The topological polar surface area (TPSA) is 28.9 Å². The molecule has 1 aromatic carbocycles. The minimum atomic E-state index is 0.667. The SMILES string of the molecule is COCCN1C[C@H]2CC[C@@H]1CN(Cc1oc3ccc(C)cc3c1C)C2. The van der Waals surface area contributed by atoms with Crippen LogP contribution in [0.3, 0.4) is 0 Å². The van der Waals surface area contributed by atoms with Crippen LogP contribution in [-0.4, -0.2) is 55.7 Å². The van der Waals surface area contributed by atoms with Crippen molar-refractivity contribution in [2.24, 2.45) is 5.92 Å². The Morgan fingerprint density at radius 1 is 1.16 bits per heavy atom. The molecule has 2 bridgehead atoms. The Morgan fingerprint density at radius 2 is 2.04 bits per heavy atom.